The molecule has 5 heteroatoms. The number of amides is 1. The van der Waals surface area contributed by atoms with Gasteiger partial charge in [0.1, 0.15) is 5.82 Å². The Morgan fingerprint density at radius 2 is 2.00 bits per heavy atom. The normalized spacial score (nSPS) is 17.1. The van der Waals surface area contributed by atoms with Crippen molar-refractivity contribution in [1.29, 1.82) is 0 Å². The van der Waals surface area contributed by atoms with Gasteiger partial charge in [-0.1, -0.05) is 17.7 Å². The molecular formula is C14H16ClFN2O. The van der Waals surface area contributed by atoms with E-state index in [1.165, 1.54) is 18.2 Å². The van der Waals surface area contributed by atoms with Crippen LogP contribution in [0.15, 0.2) is 24.3 Å². The standard InChI is InChI=1S/C14H16ClFN2O/c1-17-6-8-18(9-7-17)14(19)5-3-11-2-4-13(16)12(15)10-11/h2-5,10H,6-9H2,1H3/b5-3-. The molecule has 2 rings (SSSR count). The van der Waals surface area contributed by atoms with Gasteiger partial charge < -0.3 is 9.80 Å². The quantitative estimate of drug-likeness (QED) is 0.777. The average molecular weight is 283 g/mol. The highest BCUT2D eigenvalue weighted by molar-refractivity contribution is 6.30. The summed E-state index contributed by atoms with van der Waals surface area (Å²) in [5, 5.41) is 0.0641. The predicted molar refractivity (Wildman–Crippen MR) is 74.5 cm³/mol. The lowest BCUT2D eigenvalue weighted by Crippen LogP contribution is -2.46. The molecule has 0 bridgehead atoms. The topological polar surface area (TPSA) is 23.6 Å². The Bertz CT molecular complexity index is 496. The molecule has 1 amide bonds. The molecule has 1 aliphatic rings. The first-order valence-electron chi connectivity index (χ1n) is 6.17. The first kappa shape index (κ1) is 14.0. The second-order valence-electron chi connectivity index (χ2n) is 4.64. The van der Waals surface area contributed by atoms with Crippen molar-refractivity contribution in [3.05, 3.63) is 40.7 Å². The van der Waals surface area contributed by atoms with E-state index in [1.54, 1.807) is 12.1 Å². The van der Waals surface area contributed by atoms with Crippen LogP contribution in [0.25, 0.3) is 6.08 Å². The van der Waals surface area contributed by atoms with E-state index in [9.17, 15) is 9.18 Å². The Labute approximate surface area is 117 Å². The second kappa shape index (κ2) is 6.17. The largest absolute Gasteiger partial charge is 0.337 e. The molecule has 0 aromatic heterocycles. The van der Waals surface area contributed by atoms with E-state index >= 15 is 0 Å². The lowest BCUT2D eigenvalue weighted by atomic mass is 10.2. The van der Waals surface area contributed by atoms with Crippen LogP contribution in [-0.4, -0.2) is 48.9 Å². The molecule has 3 nitrogen and oxygen atoms in total. The maximum absolute atomic E-state index is 13.0. The molecule has 102 valence electrons. The van der Waals surface area contributed by atoms with E-state index < -0.39 is 5.82 Å². The van der Waals surface area contributed by atoms with Crippen molar-refractivity contribution in [3.8, 4) is 0 Å². The van der Waals surface area contributed by atoms with Crippen LogP contribution in [0.3, 0.4) is 0 Å². The van der Waals surface area contributed by atoms with Crippen molar-refractivity contribution in [2.75, 3.05) is 33.2 Å². The predicted octanol–water partition coefficient (Wildman–Crippen LogP) is 2.27. The molecule has 0 N–H and O–H groups in total. The fraction of sp³-hybridized carbons (Fsp3) is 0.357. The molecule has 0 saturated carbocycles. The number of nitrogens with zero attached hydrogens (tertiary/aromatic N) is 2. The fourth-order valence-electron chi connectivity index (χ4n) is 1.92. The van der Waals surface area contributed by atoms with E-state index in [1.807, 2.05) is 11.9 Å². The molecule has 0 spiro atoms. The van der Waals surface area contributed by atoms with Crippen LogP contribution in [0.2, 0.25) is 5.02 Å². The van der Waals surface area contributed by atoms with Crippen LogP contribution < -0.4 is 0 Å². The van der Waals surface area contributed by atoms with Crippen molar-refractivity contribution in [1.82, 2.24) is 9.80 Å². The molecule has 1 aromatic rings. The summed E-state index contributed by atoms with van der Waals surface area (Å²) < 4.78 is 13.0. The zero-order chi connectivity index (χ0) is 13.8. The molecule has 1 saturated heterocycles. The number of hydrogen-bond donors (Lipinski definition) is 0. The van der Waals surface area contributed by atoms with Gasteiger partial charge in [-0.3, -0.25) is 4.79 Å². The molecule has 0 radical (unpaired) electrons. The van der Waals surface area contributed by atoms with Crippen molar-refractivity contribution >= 4 is 23.6 Å². The van der Waals surface area contributed by atoms with Gasteiger partial charge in [0, 0.05) is 32.3 Å². The fourth-order valence-corrected chi connectivity index (χ4v) is 2.10. The Balaban J connectivity index is 1.98. The number of piperazine rings is 1. The summed E-state index contributed by atoms with van der Waals surface area (Å²) in [5.41, 5.74) is 0.717. The minimum atomic E-state index is -0.454. The maximum Gasteiger partial charge on any atom is 0.246 e. The first-order valence-corrected chi connectivity index (χ1v) is 6.54. The summed E-state index contributed by atoms with van der Waals surface area (Å²) in [6.07, 6.45) is 3.17. The molecule has 0 aliphatic carbocycles. The number of rotatable bonds is 2. The zero-order valence-corrected chi connectivity index (χ0v) is 11.5. The van der Waals surface area contributed by atoms with Crippen molar-refractivity contribution in [3.63, 3.8) is 0 Å². The van der Waals surface area contributed by atoms with E-state index in [0.29, 0.717) is 5.56 Å². The van der Waals surface area contributed by atoms with Crippen LogP contribution in [0.1, 0.15) is 5.56 Å². The summed E-state index contributed by atoms with van der Waals surface area (Å²) in [6.45, 7) is 3.26. The van der Waals surface area contributed by atoms with Crippen LogP contribution in [0.5, 0.6) is 0 Å². The monoisotopic (exact) mass is 282 g/mol. The summed E-state index contributed by atoms with van der Waals surface area (Å²) in [7, 11) is 2.04. The van der Waals surface area contributed by atoms with Gasteiger partial charge in [-0.15, -0.1) is 0 Å². The molecular weight excluding hydrogens is 267 g/mol. The smallest absolute Gasteiger partial charge is 0.246 e. The molecule has 1 aromatic carbocycles. The summed E-state index contributed by atoms with van der Waals surface area (Å²) in [4.78, 5) is 15.9. The summed E-state index contributed by atoms with van der Waals surface area (Å²) in [6, 6.07) is 4.39. The highest BCUT2D eigenvalue weighted by Gasteiger charge is 2.16. The maximum atomic E-state index is 13.0. The number of likely N-dealkylation sites (N-methyl/N-ethyl adjacent to an activating group) is 1. The molecule has 1 fully saturated rings. The van der Waals surface area contributed by atoms with E-state index in [0.717, 1.165) is 26.2 Å². The Hall–Kier alpha value is -1.39. The third kappa shape index (κ3) is 3.78. The van der Waals surface area contributed by atoms with E-state index in [-0.39, 0.29) is 10.9 Å². The van der Waals surface area contributed by atoms with Gasteiger partial charge in [-0.2, -0.15) is 0 Å². The lowest BCUT2D eigenvalue weighted by molar-refractivity contribution is -0.127. The van der Waals surface area contributed by atoms with Crippen LogP contribution in [0.4, 0.5) is 4.39 Å². The number of hydrogen-bond acceptors (Lipinski definition) is 2. The Morgan fingerprint density at radius 1 is 1.32 bits per heavy atom. The molecule has 1 heterocycles. The lowest BCUT2D eigenvalue weighted by Gasteiger charge is -2.31. The highest BCUT2D eigenvalue weighted by atomic mass is 35.5. The van der Waals surface area contributed by atoms with E-state index in [2.05, 4.69) is 4.90 Å². The molecule has 0 atom stereocenters. The van der Waals surface area contributed by atoms with Crippen LogP contribution in [0, 0.1) is 5.82 Å². The van der Waals surface area contributed by atoms with Crippen molar-refractivity contribution in [2.45, 2.75) is 0 Å². The van der Waals surface area contributed by atoms with Gasteiger partial charge in [0.25, 0.3) is 0 Å². The SMILES string of the molecule is CN1CCN(C(=O)/C=C\c2ccc(F)c(Cl)c2)CC1. The molecule has 0 unspecified atom stereocenters. The Kier molecular flexibility index (Phi) is 4.56. The van der Waals surface area contributed by atoms with Gasteiger partial charge in [0.05, 0.1) is 5.02 Å². The number of benzene rings is 1. The van der Waals surface area contributed by atoms with Crippen molar-refractivity contribution < 1.29 is 9.18 Å². The third-order valence-corrected chi connectivity index (χ3v) is 3.47. The van der Waals surface area contributed by atoms with Crippen LogP contribution in [-0.2, 0) is 4.79 Å². The average Bonchev–Trinajstić information content (AvgIpc) is 2.40. The minimum absolute atomic E-state index is 0.0199. The summed E-state index contributed by atoms with van der Waals surface area (Å²) in [5.74, 6) is -0.474. The first-order chi connectivity index (χ1) is 9.06. The van der Waals surface area contributed by atoms with E-state index in [4.69, 9.17) is 11.6 Å². The van der Waals surface area contributed by atoms with Gasteiger partial charge >= 0.3 is 0 Å². The Morgan fingerprint density at radius 3 is 2.63 bits per heavy atom. The van der Waals surface area contributed by atoms with Gasteiger partial charge in [-0.05, 0) is 30.8 Å². The number of carbonyl (C=O) groups excluding carboxylic acids is 1. The van der Waals surface area contributed by atoms with Gasteiger partial charge in [0.2, 0.25) is 5.91 Å². The molecule has 1 aliphatic heterocycles. The van der Waals surface area contributed by atoms with Crippen LogP contribution >= 0.6 is 11.6 Å². The number of halogens is 2. The van der Waals surface area contributed by atoms with Crippen molar-refractivity contribution in [2.24, 2.45) is 0 Å². The van der Waals surface area contributed by atoms with Gasteiger partial charge in [0.15, 0.2) is 0 Å². The third-order valence-electron chi connectivity index (χ3n) is 3.18. The minimum Gasteiger partial charge on any atom is -0.337 e. The second-order valence-corrected chi connectivity index (χ2v) is 5.04. The zero-order valence-electron chi connectivity index (χ0n) is 10.8. The summed E-state index contributed by atoms with van der Waals surface area (Å²) >= 11 is 5.68. The molecule has 19 heavy (non-hydrogen) atoms. The highest BCUT2D eigenvalue weighted by Crippen LogP contribution is 2.17. The van der Waals surface area contributed by atoms with Gasteiger partial charge in [-0.25, -0.2) is 4.39 Å². The number of carbonyl (C=O) groups is 1.